The van der Waals surface area contributed by atoms with Crippen molar-refractivity contribution in [3.8, 4) is 0 Å². The molecule has 2 aromatic rings. The summed E-state index contributed by atoms with van der Waals surface area (Å²) in [7, 11) is 0. The van der Waals surface area contributed by atoms with Crippen molar-refractivity contribution in [3.05, 3.63) is 35.2 Å². The Labute approximate surface area is 121 Å². The van der Waals surface area contributed by atoms with Crippen LogP contribution in [0.25, 0.3) is 10.1 Å². The number of carboxylic acid groups (broad SMARTS) is 1. The Morgan fingerprint density at radius 1 is 1.50 bits per heavy atom. The zero-order valence-electron chi connectivity index (χ0n) is 11.3. The summed E-state index contributed by atoms with van der Waals surface area (Å²) in [6.07, 6.45) is -0.708. The van der Waals surface area contributed by atoms with Crippen molar-refractivity contribution in [3.63, 3.8) is 0 Å². The fourth-order valence-corrected chi connectivity index (χ4v) is 3.71. The molecule has 0 bridgehead atoms. The fourth-order valence-electron chi connectivity index (χ4n) is 2.56. The Kier molecular flexibility index (Phi) is 3.74. The van der Waals surface area contributed by atoms with Crippen LogP contribution in [0.15, 0.2) is 30.3 Å². The number of fused-ring (bicyclic) bond motifs is 1. The van der Waals surface area contributed by atoms with Crippen LogP contribution in [0.1, 0.15) is 17.8 Å². The van der Waals surface area contributed by atoms with Crippen LogP contribution in [-0.2, 0) is 9.53 Å². The van der Waals surface area contributed by atoms with Gasteiger partial charge >= 0.3 is 5.97 Å². The van der Waals surface area contributed by atoms with E-state index in [9.17, 15) is 4.79 Å². The molecule has 0 amide bonds. The summed E-state index contributed by atoms with van der Waals surface area (Å²) in [6, 6.07) is 10.7. The van der Waals surface area contributed by atoms with Gasteiger partial charge in [0.1, 0.15) is 0 Å². The van der Waals surface area contributed by atoms with Crippen molar-refractivity contribution < 1.29 is 14.6 Å². The predicted molar refractivity (Wildman–Crippen MR) is 79.2 cm³/mol. The SMILES string of the molecule is CC(c1cc2ccccc2s1)N1CCOC(C(=O)O)C1. The molecule has 1 aliphatic heterocycles. The van der Waals surface area contributed by atoms with E-state index in [-0.39, 0.29) is 6.04 Å². The first kappa shape index (κ1) is 13.5. The maximum atomic E-state index is 11.1. The third-order valence-electron chi connectivity index (χ3n) is 3.78. The molecular formula is C15H17NO3S. The third-order valence-corrected chi connectivity index (χ3v) is 5.06. The summed E-state index contributed by atoms with van der Waals surface area (Å²) >= 11 is 1.78. The van der Waals surface area contributed by atoms with Crippen molar-refractivity contribution >= 4 is 27.4 Å². The number of thiophene rings is 1. The third kappa shape index (κ3) is 2.57. The predicted octanol–water partition coefficient (Wildman–Crippen LogP) is 2.75. The van der Waals surface area contributed by atoms with Crippen LogP contribution < -0.4 is 0 Å². The summed E-state index contributed by atoms with van der Waals surface area (Å²) < 4.78 is 6.55. The fraction of sp³-hybridized carbons (Fsp3) is 0.400. The smallest absolute Gasteiger partial charge is 0.334 e. The number of carbonyl (C=O) groups is 1. The highest BCUT2D eigenvalue weighted by Gasteiger charge is 2.29. The molecule has 0 radical (unpaired) electrons. The number of aliphatic carboxylic acids is 1. The standard InChI is InChI=1S/C15H17NO3S/c1-10(16-6-7-19-12(9-16)15(17)18)14-8-11-4-2-3-5-13(11)20-14/h2-5,8,10,12H,6-7,9H2,1H3,(H,17,18). The second-order valence-corrected chi connectivity index (χ2v) is 6.17. The number of rotatable bonds is 3. The van der Waals surface area contributed by atoms with Gasteiger partial charge in [-0.15, -0.1) is 11.3 Å². The molecule has 2 heterocycles. The Bertz CT molecular complexity index is 591. The molecule has 3 rings (SSSR count). The van der Waals surface area contributed by atoms with E-state index in [1.807, 2.05) is 12.1 Å². The summed E-state index contributed by atoms with van der Waals surface area (Å²) in [5.74, 6) is -0.877. The lowest BCUT2D eigenvalue weighted by Crippen LogP contribution is -2.46. The van der Waals surface area contributed by atoms with Crippen LogP contribution in [0, 0.1) is 0 Å². The highest BCUT2D eigenvalue weighted by molar-refractivity contribution is 7.19. The van der Waals surface area contributed by atoms with Gasteiger partial charge in [0.15, 0.2) is 6.10 Å². The molecule has 1 saturated heterocycles. The zero-order chi connectivity index (χ0) is 14.1. The van der Waals surface area contributed by atoms with Crippen LogP contribution >= 0.6 is 11.3 Å². The average molecular weight is 291 g/mol. The quantitative estimate of drug-likeness (QED) is 0.944. The van der Waals surface area contributed by atoms with Gasteiger partial charge in [0, 0.05) is 28.7 Å². The first-order chi connectivity index (χ1) is 9.65. The van der Waals surface area contributed by atoms with Gasteiger partial charge < -0.3 is 9.84 Å². The van der Waals surface area contributed by atoms with Crippen molar-refractivity contribution in [2.24, 2.45) is 0 Å². The topological polar surface area (TPSA) is 49.8 Å². The van der Waals surface area contributed by atoms with Crippen molar-refractivity contribution in [1.82, 2.24) is 4.90 Å². The highest BCUT2D eigenvalue weighted by Crippen LogP contribution is 2.33. The number of morpholine rings is 1. The Hall–Kier alpha value is -1.43. The summed E-state index contributed by atoms with van der Waals surface area (Å²) in [5, 5.41) is 10.3. The molecule has 2 atom stereocenters. The van der Waals surface area contributed by atoms with Gasteiger partial charge in [-0.3, -0.25) is 4.90 Å². The van der Waals surface area contributed by atoms with Crippen molar-refractivity contribution in [2.75, 3.05) is 19.7 Å². The summed E-state index contributed by atoms with van der Waals surface area (Å²) in [5.41, 5.74) is 0. The van der Waals surface area contributed by atoms with E-state index in [0.29, 0.717) is 13.2 Å². The Balaban J connectivity index is 1.80. The number of carboxylic acids is 1. The van der Waals surface area contributed by atoms with Crippen LogP contribution in [0.3, 0.4) is 0 Å². The molecule has 5 heteroatoms. The van der Waals surface area contributed by atoms with Gasteiger partial charge in [-0.1, -0.05) is 18.2 Å². The lowest BCUT2D eigenvalue weighted by molar-refractivity contribution is -0.157. The zero-order valence-corrected chi connectivity index (χ0v) is 12.1. The molecule has 106 valence electrons. The van der Waals surface area contributed by atoms with E-state index in [1.165, 1.54) is 15.0 Å². The second-order valence-electron chi connectivity index (χ2n) is 5.06. The molecule has 0 spiro atoms. The molecule has 1 aliphatic rings. The number of ether oxygens (including phenoxy) is 1. The van der Waals surface area contributed by atoms with E-state index in [4.69, 9.17) is 9.84 Å². The van der Waals surface area contributed by atoms with Crippen LogP contribution in [0.2, 0.25) is 0 Å². The van der Waals surface area contributed by atoms with E-state index in [0.717, 1.165) is 6.54 Å². The maximum Gasteiger partial charge on any atom is 0.334 e. The van der Waals surface area contributed by atoms with Crippen LogP contribution in [0.5, 0.6) is 0 Å². The second kappa shape index (κ2) is 5.52. The van der Waals surface area contributed by atoms with E-state index in [2.05, 4.69) is 30.0 Å². The summed E-state index contributed by atoms with van der Waals surface area (Å²) in [6.45, 7) is 3.84. The number of hydrogen-bond donors (Lipinski definition) is 1. The molecule has 1 aromatic heterocycles. The molecule has 0 aliphatic carbocycles. The monoisotopic (exact) mass is 291 g/mol. The molecule has 1 aromatic carbocycles. The number of hydrogen-bond acceptors (Lipinski definition) is 4. The first-order valence-corrected chi connectivity index (χ1v) is 7.54. The minimum atomic E-state index is -0.877. The van der Waals surface area contributed by atoms with Crippen LogP contribution in [-0.4, -0.2) is 41.8 Å². The van der Waals surface area contributed by atoms with Gasteiger partial charge in [-0.2, -0.15) is 0 Å². The van der Waals surface area contributed by atoms with Gasteiger partial charge in [0.05, 0.1) is 6.61 Å². The van der Waals surface area contributed by atoms with E-state index >= 15 is 0 Å². The molecule has 2 unspecified atom stereocenters. The van der Waals surface area contributed by atoms with E-state index < -0.39 is 12.1 Å². The molecule has 1 N–H and O–H groups in total. The lowest BCUT2D eigenvalue weighted by atomic mass is 10.1. The molecule has 0 saturated carbocycles. The van der Waals surface area contributed by atoms with Gasteiger partial charge in [0.25, 0.3) is 0 Å². The summed E-state index contributed by atoms with van der Waals surface area (Å²) in [4.78, 5) is 14.5. The van der Waals surface area contributed by atoms with Gasteiger partial charge in [0.2, 0.25) is 0 Å². The van der Waals surface area contributed by atoms with E-state index in [1.54, 1.807) is 11.3 Å². The van der Waals surface area contributed by atoms with Crippen LogP contribution in [0.4, 0.5) is 0 Å². The largest absolute Gasteiger partial charge is 0.479 e. The number of benzene rings is 1. The number of nitrogens with zero attached hydrogens (tertiary/aromatic N) is 1. The Morgan fingerprint density at radius 2 is 2.30 bits per heavy atom. The van der Waals surface area contributed by atoms with Crippen molar-refractivity contribution in [2.45, 2.75) is 19.1 Å². The van der Waals surface area contributed by atoms with Crippen molar-refractivity contribution in [1.29, 1.82) is 0 Å². The first-order valence-electron chi connectivity index (χ1n) is 6.72. The highest BCUT2D eigenvalue weighted by atomic mass is 32.1. The minimum Gasteiger partial charge on any atom is -0.479 e. The van der Waals surface area contributed by atoms with Gasteiger partial charge in [-0.25, -0.2) is 4.79 Å². The normalized spacial score (nSPS) is 21.9. The minimum absolute atomic E-state index is 0.221. The molecule has 20 heavy (non-hydrogen) atoms. The average Bonchev–Trinajstić information content (AvgIpc) is 2.90. The molecular weight excluding hydrogens is 274 g/mol. The van der Waals surface area contributed by atoms with Gasteiger partial charge in [-0.05, 0) is 24.4 Å². The maximum absolute atomic E-state index is 11.1. The Morgan fingerprint density at radius 3 is 3.05 bits per heavy atom. The molecule has 1 fully saturated rings. The molecule has 4 nitrogen and oxygen atoms in total. The lowest BCUT2D eigenvalue weighted by Gasteiger charge is -2.34.